The predicted molar refractivity (Wildman–Crippen MR) is 154 cm³/mol. The van der Waals surface area contributed by atoms with Crippen LogP contribution in [-0.2, 0) is 27.5 Å². The predicted octanol–water partition coefficient (Wildman–Crippen LogP) is 2.87. The first-order valence-electron chi connectivity index (χ1n) is 12.7. The molecule has 42 heavy (non-hydrogen) atoms. The summed E-state index contributed by atoms with van der Waals surface area (Å²) in [5, 5.41) is 39.9. The first-order valence-corrected chi connectivity index (χ1v) is 13.6. The lowest BCUT2D eigenvalue weighted by Gasteiger charge is -2.23. The minimum Gasteiger partial charge on any atom is -0.481 e. The lowest BCUT2D eigenvalue weighted by molar-refractivity contribution is -0.170. The molecule has 1 amide bonds. The van der Waals surface area contributed by atoms with Crippen molar-refractivity contribution in [3.63, 3.8) is 0 Å². The zero-order chi connectivity index (χ0) is 30.5. The van der Waals surface area contributed by atoms with Crippen LogP contribution in [0.3, 0.4) is 0 Å². The van der Waals surface area contributed by atoms with E-state index in [9.17, 15) is 19.2 Å². The molecule has 0 spiro atoms. The van der Waals surface area contributed by atoms with Gasteiger partial charge in [-0.05, 0) is 41.3 Å². The van der Waals surface area contributed by atoms with E-state index in [0.29, 0.717) is 13.1 Å². The zero-order valence-corrected chi connectivity index (χ0v) is 23.2. The number of hydrogen-bond donors (Lipinski definition) is 5. The Morgan fingerprint density at radius 3 is 2.17 bits per heavy atom. The van der Waals surface area contributed by atoms with Crippen LogP contribution in [0.5, 0.6) is 0 Å². The molecule has 0 unspecified atom stereocenters. The van der Waals surface area contributed by atoms with Crippen LogP contribution in [-0.4, -0.2) is 77.8 Å². The molecule has 0 saturated carbocycles. The molecule has 0 radical (unpaired) electrons. The Morgan fingerprint density at radius 1 is 0.833 bits per heavy atom. The summed E-state index contributed by atoms with van der Waals surface area (Å²) in [5.74, 6) is -5.04. The van der Waals surface area contributed by atoms with E-state index in [0.717, 1.165) is 34.6 Å². The number of thiophene rings is 1. The highest BCUT2D eigenvalue weighted by Crippen LogP contribution is 2.19. The average Bonchev–Trinajstić information content (AvgIpc) is 3.49. The molecular formula is C29H30N4O8S. The number of aromatic nitrogens is 2. The van der Waals surface area contributed by atoms with Crippen LogP contribution in [0.15, 0.2) is 78.4 Å². The number of para-hydroxylation sites is 1. The highest BCUT2D eigenvalue weighted by molar-refractivity contribution is 7.12. The van der Waals surface area contributed by atoms with E-state index in [-0.39, 0.29) is 5.91 Å². The third kappa shape index (κ3) is 9.73. The van der Waals surface area contributed by atoms with Crippen molar-refractivity contribution in [3.05, 3.63) is 94.6 Å². The summed E-state index contributed by atoms with van der Waals surface area (Å²) in [5.41, 5.74) is 0.484. The van der Waals surface area contributed by atoms with E-state index in [1.807, 2.05) is 66.3 Å². The molecule has 3 heterocycles. The molecule has 0 bridgehead atoms. The van der Waals surface area contributed by atoms with E-state index >= 15 is 0 Å². The Labute approximate surface area is 244 Å². The summed E-state index contributed by atoms with van der Waals surface area (Å²) in [4.78, 5) is 54.7. The van der Waals surface area contributed by atoms with Crippen molar-refractivity contribution in [2.75, 3.05) is 13.1 Å². The highest BCUT2D eigenvalue weighted by atomic mass is 32.1. The van der Waals surface area contributed by atoms with E-state index < -0.39 is 36.4 Å². The monoisotopic (exact) mass is 594 g/mol. The van der Waals surface area contributed by atoms with Gasteiger partial charge in [0.25, 0.3) is 5.91 Å². The van der Waals surface area contributed by atoms with Gasteiger partial charge in [-0.2, -0.15) is 0 Å². The number of rotatable bonds is 13. The first kappa shape index (κ1) is 31.8. The molecule has 0 fully saturated rings. The fourth-order valence-corrected chi connectivity index (χ4v) is 4.65. The number of nitrogens with zero attached hydrogens (tertiary/aromatic N) is 3. The Kier molecular flexibility index (Phi) is 11.6. The van der Waals surface area contributed by atoms with Crippen LogP contribution in [0.1, 0.15) is 33.8 Å². The topological polar surface area (TPSA) is 190 Å². The Hall–Kier alpha value is -4.72. The molecule has 4 rings (SSSR count). The number of carboxylic acids is 3. The standard InChI is InChI=1S/C23H22N4OS.C6H8O7/c28-23(22-9-5-15-29-22)26-13-14-27(17-19-6-3-4-11-24-19)16-18-10-12-25-21-8-2-1-7-20(18)21;7-3(8)1-6(13,5(11)12)2-4(9)10/h1-12,15H,13-14,16-17H2,(H,26,28);13H,1-2H2,(H,7,8)(H,9,10)(H,11,12). The molecule has 3 aromatic heterocycles. The molecule has 0 aliphatic rings. The molecule has 0 aliphatic carbocycles. The third-order valence-electron chi connectivity index (χ3n) is 5.99. The van der Waals surface area contributed by atoms with Gasteiger partial charge in [-0.1, -0.05) is 30.3 Å². The minimum absolute atomic E-state index is 0.0212. The summed E-state index contributed by atoms with van der Waals surface area (Å²) in [6, 6.07) is 19.9. The summed E-state index contributed by atoms with van der Waals surface area (Å²) in [6.45, 7) is 2.78. The molecule has 0 aliphatic heterocycles. The third-order valence-corrected chi connectivity index (χ3v) is 6.86. The molecule has 12 nitrogen and oxygen atoms in total. The second-order valence-electron chi connectivity index (χ2n) is 9.23. The van der Waals surface area contributed by atoms with Crippen LogP contribution in [0.4, 0.5) is 0 Å². The van der Waals surface area contributed by atoms with Crippen LogP contribution >= 0.6 is 11.3 Å². The maximum Gasteiger partial charge on any atom is 0.336 e. The highest BCUT2D eigenvalue weighted by Gasteiger charge is 2.40. The maximum absolute atomic E-state index is 12.2. The fourth-order valence-electron chi connectivity index (χ4n) is 4.01. The van der Waals surface area contributed by atoms with Crippen molar-refractivity contribution in [1.82, 2.24) is 20.2 Å². The number of carbonyl (C=O) groups excluding carboxylic acids is 1. The lowest BCUT2D eigenvalue weighted by Crippen LogP contribution is -2.42. The number of aliphatic hydroxyl groups is 1. The van der Waals surface area contributed by atoms with E-state index in [1.54, 1.807) is 0 Å². The molecule has 4 aromatic rings. The van der Waals surface area contributed by atoms with Gasteiger partial charge in [-0.15, -0.1) is 11.3 Å². The van der Waals surface area contributed by atoms with Crippen molar-refractivity contribution in [3.8, 4) is 0 Å². The second kappa shape index (κ2) is 15.3. The largest absolute Gasteiger partial charge is 0.481 e. The number of nitrogens with one attached hydrogen (secondary N) is 1. The molecule has 0 saturated heterocycles. The van der Waals surface area contributed by atoms with Crippen LogP contribution < -0.4 is 5.32 Å². The maximum atomic E-state index is 12.2. The van der Waals surface area contributed by atoms with E-state index in [2.05, 4.69) is 32.3 Å². The quantitative estimate of drug-likeness (QED) is 0.153. The lowest BCUT2D eigenvalue weighted by atomic mass is 9.96. The number of pyridine rings is 2. The summed E-state index contributed by atoms with van der Waals surface area (Å²) in [6.07, 6.45) is 1.38. The Bertz CT molecular complexity index is 1480. The average molecular weight is 595 g/mol. The molecule has 13 heteroatoms. The van der Waals surface area contributed by atoms with Gasteiger partial charge in [0.1, 0.15) is 0 Å². The smallest absolute Gasteiger partial charge is 0.336 e. The number of carboxylic acid groups (broad SMARTS) is 3. The molecule has 5 N–H and O–H groups in total. The Balaban J connectivity index is 0.000000316. The number of benzene rings is 1. The van der Waals surface area contributed by atoms with Gasteiger partial charge < -0.3 is 25.7 Å². The van der Waals surface area contributed by atoms with E-state index in [4.69, 9.17) is 20.4 Å². The van der Waals surface area contributed by atoms with Crippen molar-refractivity contribution >= 4 is 46.1 Å². The molecule has 1 aromatic carbocycles. The number of carbonyl (C=O) groups is 4. The van der Waals surface area contributed by atoms with E-state index in [1.165, 1.54) is 16.9 Å². The van der Waals surface area contributed by atoms with Crippen molar-refractivity contribution < 1.29 is 39.6 Å². The number of aliphatic carboxylic acids is 3. The van der Waals surface area contributed by atoms with Crippen molar-refractivity contribution in [1.29, 1.82) is 0 Å². The molecular weight excluding hydrogens is 564 g/mol. The van der Waals surface area contributed by atoms with Gasteiger partial charge in [-0.25, -0.2) is 4.79 Å². The molecule has 0 atom stereocenters. The normalized spacial score (nSPS) is 11.0. The second-order valence-corrected chi connectivity index (χ2v) is 10.2. The van der Waals surface area contributed by atoms with Gasteiger partial charge in [0, 0.05) is 44.0 Å². The van der Waals surface area contributed by atoms with Crippen LogP contribution in [0, 0.1) is 0 Å². The SMILES string of the molecule is O=C(NCCN(Cc1ccccn1)Cc1ccnc2ccccc12)c1cccs1.O=C(O)CC(O)(CC(=O)O)C(=O)O. The summed E-state index contributed by atoms with van der Waals surface area (Å²) < 4.78 is 0. The van der Waals surface area contributed by atoms with Gasteiger partial charge in [0.05, 0.1) is 28.9 Å². The first-order chi connectivity index (χ1) is 20.1. The van der Waals surface area contributed by atoms with Gasteiger partial charge in [0.2, 0.25) is 0 Å². The van der Waals surface area contributed by atoms with Gasteiger partial charge in [0.15, 0.2) is 5.60 Å². The Morgan fingerprint density at radius 2 is 1.55 bits per heavy atom. The number of amides is 1. The number of fused-ring (bicyclic) bond motifs is 1. The van der Waals surface area contributed by atoms with Gasteiger partial charge >= 0.3 is 17.9 Å². The van der Waals surface area contributed by atoms with Crippen molar-refractivity contribution in [2.45, 2.75) is 31.5 Å². The zero-order valence-electron chi connectivity index (χ0n) is 22.4. The number of hydrogen-bond acceptors (Lipinski definition) is 9. The van der Waals surface area contributed by atoms with Gasteiger partial charge in [-0.3, -0.25) is 29.3 Å². The fraction of sp³-hybridized carbons (Fsp3) is 0.241. The van der Waals surface area contributed by atoms with Crippen LogP contribution in [0.2, 0.25) is 0 Å². The van der Waals surface area contributed by atoms with Crippen molar-refractivity contribution in [2.24, 2.45) is 0 Å². The summed E-state index contributed by atoms with van der Waals surface area (Å²) >= 11 is 1.45. The van der Waals surface area contributed by atoms with Crippen LogP contribution in [0.25, 0.3) is 10.9 Å². The minimum atomic E-state index is -2.74. The molecule has 220 valence electrons. The summed E-state index contributed by atoms with van der Waals surface area (Å²) in [7, 11) is 0.